The minimum Gasteiger partial charge on any atom is -0.352 e. The van der Waals surface area contributed by atoms with Crippen LogP contribution in [0.4, 0.5) is 0 Å². The summed E-state index contributed by atoms with van der Waals surface area (Å²) in [7, 11) is 0. The summed E-state index contributed by atoms with van der Waals surface area (Å²) in [5.74, 6) is -0.125. The highest BCUT2D eigenvalue weighted by atomic mass is 32.1. The lowest BCUT2D eigenvalue weighted by Crippen LogP contribution is -2.33. The van der Waals surface area contributed by atoms with Crippen molar-refractivity contribution >= 4 is 38.8 Å². The highest BCUT2D eigenvalue weighted by molar-refractivity contribution is 7.19. The molecular formula is C16H15N3O2S2. The Bertz CT molecular complexity index is 950. The summed E-state index contributed by atoms with van der Waals surface area (Å²) in [6.07, 6.45) is 3.53. The summed E-state index contributed by atoms with van der Waals surface area (Å²) in [5, 5.41) is 5.48. The van der Waals surface area contributed by atoms with E-state index in [9.17, 15) is 9.59 Å². The fourth-order valence-electron chi connectivity index (χ4n) is 2.50. The maximum Gasteiger partial charge on any atom is 0.263 e. The molecule has 5 nitrogen and oxygen atoms in total. The molecule has 0 aliphatic heterocycles. The van der Waals surface area contributed by atoms with Crippen molar-refractivity contribution < 1.29 is 4.79 Å². The largest absolute Gasteiger partial charge is 0.352 e. The van der Waals surface area contributed by atoms with Gasteiger partial charge in [0.2, 0.25) is 5.91 Å². The molecule has 0 aromatic carbocycles. The van der Waals surface area contributed by atoms with Gasteiger partial charge in [-0.15, -0.1) is 22.7 Å². The van der Waals surface area contributed by atoms with Gasteiger partial charge in [0.15, 0.2) is 0 Å². The minimum absolute atomic E-state index is 0.0248. The summed E-state index contributed by atoms with van der Waals surface area (Å²) >= 11 is 3.12. The van der Waals surface area contributed by atoms with Gasteiger partial charge in [0.25, 0.3) is 5.56 Å². The zero-order valence-corrected chi connectivity index (χ0v) is 14.2. The van der Waals surface area contributed by atoms with Gasteiger partial charge in [-0.2, -0.15) is 0 Å². The van der Waals surface area contributed by atoms with Crippen LogP contribution in [0.15, 0.2) is 28.6 Å². The van der Waals surface area contributed by atoms with Gasteiger partial charge in [-0.1, -0.05) is 0 Å². The first kappa shape index (κ1) is 14.6. The zero-order chi connectivity index (χ0) is 16.0. The summed E-state index contributed by atoms with van der Waals surface area (Å²) in [6, 6.07) is 4.36. The third-order valence-electron chi connectivity index (χ3n) is 3.82. The van der Waals surface area contributed by atoms with E-state index >= 15 is 0 Å². The van der Waals surface area contributed by atoms with Crippen LogP contribution in [0.25, 0.3) is 20.7 Å². The van der Waals surface area contributed by atoms with Gasteiger partial charge >= 0.3 is 0 Å². The molecule has 0 bridgehead atoms. The quantitative estimate of drug-likeness (QED) is 0.791. The summed E-state index contributed by atoms with van der Waals surface area (Å²) < 4.78 is 1.40. The molecule has 1 saturated carbocycles. The molecule has 0 radical (unpaired) electrons. The van der Waals surface area contributed by atoms with Gasteiger partial charge in [0.1, 0.15) is 11.4 Å². The second-order valence-corrected chi connectivity index (χ2v) is 7.91. The van der Waals surface area contributed by atoms with Gasteiger partial charge in [-0.25, -0.2) is 4.98 Å². The zero-order valence-electron chi connectivity index (χ0n) is 12.5. The number of thiophene rings is 2. The van der Waals surface area contributed by atoms with Crippen LogP contribution in [-0.4, -0.2) is 21.5 Å². The smallest absolute Gasteiger partial charge is 0.263 e. The molecule has 3 heterocycles. The van der Waals surface area contributed by atoms with Crippen LogP contribution < -0.4 is 10.9 Å². The second-order valence-electron chi connectivity index (χ2n) is 5.76. The van der Waals surface area contributed by atoms with Crippen molar-refractivity contribution in [3.05, 3.63) is 39.1 Å². The minimum atomic E-state index is -0.150. The van der Waals surface area contributed by atoms with Crippen LogP contribution >= 0.6 is 22.7 Å². The molecule has 0 saturated heterocycles. The SMILES string of the molecule is Cc1ccc(-c2csc3ncn(CC(=O)NC4CC4)c(=O)c23)s1. The fourth-order valence-corrected chi connectivity index (χ4v) is 4.36. The Morgan fingerprint density at radius 2 is 2.26 bits per heavy atom. The Morgan fingerprint density at radius 3 is 2.96 bits per heavy atom. The van der Waals surface area contributed by atoms with Crippen LogP contribution in [0.5, 0.6) is 0 Å². The Hall–Kier alpha value is -1.99. The molecule has 4 rings (SSSR count). The number of rotatable bonds is 4. The van der Waals surface area contributed by atoms with E-state index in [1.807, 2.05) is 24.4 Å². The molecule has 7 heteroatoms. The number of amides is 1. The maximum absolute atomic E-state index is 12.8. The van der Waals surface area contributed by atoms with E-state index in [4.69, 9.17) is 0 Å². The predicted molar refractivity (Wildman–Crippen MR) is 93.1 cm³/mol. The van der Waals surface area contributed by atoms with Gasteiger partial charge in [0, 0.05) is 26.7 Å². The highest BCUT2D eigenvalue weighted by Crippen LogP contribution is 2.34. The number of fused-ring (bicyclic) bond motifs is 1. The van der Waals surface area contributed by atoms with Crippen LogP contribution in [0.2, 0.25) is 0 Å². The first-order valence-electron chi connectivity index (χ1n) is 7.44. The van der Waals surface area contributed by atoms with Crippen molar-refractivity contribution in [3.63, 3.8) is 0 Å². The molecule has 1 fully saturated rings. The number of nitrogens with one attached hydrogen (secondary N) is 1. The van der Waals surface area contributed by atoms with E-state index in [-0.39, 0.29) is 18.0 Å². The highest BCUT2D eigenvalue weighted by Gasteiger charge is 2.23. The third-order valence-corrected chi connectivity index (χ3v) is 5.74. The van der Waals surface area contributed by atoms with Gasteiger partial charge < -0.3 is 5.32 Å². The molecule has 3 aromatic heterocycles. The normalized spacial score (nSPS) is 14.3. The van der Waals surface area contributed by atoms with Crippen molar-refractivity contribution in [2.24, 2.45) is 0 Å². The first-order chi connectivity index (χ1) is 11.1. The van der Waals surface area contributed by atoms with E-state index < -0.39 is 0 Å². The van der Waals surface area contributed by atoms with Gasteiger partial charge in [0.05, 0.1) is 11.7 Å². The lowest BCUT2D eigenvalue weighted by Gasteiger charge is -2.06. The number of aromatic nitrogens is 2. The van der Waals surface area contributed by atoms with E-state index in [1.165, 1.54) is 27.1 Å². The average molecular weight is 345 g/mol. The lowest BCUT2D eigenvalue weighted by molar-refractivity contribution is -0.121. The molecule has 23 heavy (non-hydrogen) atoms. The Labute approximate surface area is 140 Å². The Kier molecular flexibility index (Phi) is 3.54. The standard InChI is InChI=1S/C16H15N3O2S2/c1-9-2-5-12(23-9)11-7-22-15-14(11)16(21)19(8-17-15)6-13(20)18-10-3-4-10/h2,5,7-8,10H,3-4,6H2,1H3,(H,18,20). The monoisotopic (exact) mass is 345 g/mol. The lowest BCUT2D eigenvalue weighted by atomic mass is 10.2. The van der Waals surface area contributed by atoms with Crippen LogP contribution in [-0.2, 0) is 11.3 Å². The number of hydrogen-bond donors (Lipinski definition) is 1. The van der Waals surface area contributed by atoms with E-state index in [2.05, 4.69) is 10.3 Å². The topological polar surface area (TPSA) is 64.0 Å². The van der Waals surface area contributed by atoms with Crippen molar-refractivity contribution in [2.45, 2.75) is 32.4 Å². The Balaban J connectivity index is 1.74. The fraction of sp³-hybridized carbons (Fsp3) is 0.312. The summed E-state index contributed by atoms with van der Waals surface area (Å²) in [4.78, 5) is 32.1. The summed E-state index contributed by atoms with van der Waals surface area (Å²) in [6.45, 7) is 2.07. The molecule has 0 unspecified atom stereocenters. The third kappa shape index (κ3) is 2.82. The Morgan fingerprint density at radius 1 is 1.43 bits per heavy atom. The maximum atomic E-state index is 12.8. The molecule has 118 valence electrons. The predicted octanol–water partition coefficient (Wildman–Crippen LogP) is 2.77. The van der Waals surface area contributed by atoms with Crippen LogP contribution in [0, 0.1) is 6.92 Å². The van der Waals surface area contributed by atoms with Crippen LogP contribution in [0.1, 0.15) is 17.7 Å². The van der Waals surface area contributed by atoms with E-state index in [0.717, 1.165) is 28.1 Å². The van der Waals surface area contributed by atoms with Crippen LogP contribution in [0.3, 0.4) is 0 Å². The second kappa shape index (κ2) is 5.58. The van der Waals surface area contributed by atoms with Crippen molar-refractivity contribution in [1.29, 1.82) is 0 Å². The summed E-state index contributed by atoms with van der Waals surface area (Å²) in [5.41, 5.74) is 0.765. The number of carbonyl (C=O) groups is 1. The molecule has 1 N–H and O–H groups in total. The number of hydrogen-bond acceptors (Lipinski definition) is 5. The van der Waals surface area contributed by atoms with Crippen molar-refractivity contribution in [1.82, 2.24) is 14.9 Å². The molecular weight excluding hydrogens is 330 g/mol. The van der Waals surface area contributed by atoms with E-state index in [1.54, 1.807) is 11.3 Å². The molecule has 1 amide bonds. The molecule has 0 atom stereocenters. The average Bonchev–Trinajstić information content (AvgIpc) is 3.05. The van der Waals surface area contributed by atoms with Crippen molar-refractivity contribution in [3.8, 4) is 10.4 Å². The number of nitrogens with zero attached hydrogens (tertiary/aromatic N) is 2. The molecule has 0 spiro atoms. The van der Waals surface area contributed by atoms with E-state index in [0.29, 0.717) is 11.4 Å². The molecule has 1 aliphatic rings. The molecule has 3 aromatic rings. The number of aryl methyl sites for hydroxylation is 1. The van der Waals surface area contributed by atoms with Gasteiger partial charge in [-0.05, 0) is 31.9 Å². The van der Waals surface area contributed by atoms with Gasteiger partial charge in [-0.3, -0.25) is 14.2 Å². The number of carbonyl (C=O) groups excluding carboxylic acids is 1. The van der Waals surface area contributed by atoms with Crippen molar-refractivity contribution in [2.75, 3.05) is 0 Å². The molecule has 1 aliphatic carbocycles. The first-order valence-corrected chi connectivity index (χ1v) is 9.14.